The molecule has 0 bridgehead atoms. The number of hydrogen-bond donors (Lipinski definition) is 2. The summed E-state index contributed by atoms with van der Waals surface area (Å²) in [5.41, 5.74) is 10.1. The number of benzene rings is 1. The molecule has 0 spiro atoms. The topological polar surface area (TPSA) is 53.6 Å². The van der Waals surface area contributed by atoms with E-state index in [1.807, 2.05) is 0 Å². The molecule has 1 aromatic rings. The van der Waals surface area contributed by atoms with Crippen LogP contribution >= 0.6 is 24.0 Å². The molecule has 0 saturated carbocycles. The molecule has 4 nitrogen and oxygen atoms in total. The third-order valence-corrected chi connectivity index (χ3v) is 4.81. The van der Waals surface area contributed by atoms with Crippen LogP contribution in [-0.4, -0.2) is 37.0 Å². The number of piperidine rings is 1. The van der Waals surface area contributed by atoms with Crippen LogP contribution in [0.4, 0.5) is 5.69 Å². The fraction of sp³-hybridized carbons (Fsp3) is 0.611. The van der Waals surface area contributed by atoms with Gasteiger partial charge in [-0.3, -0.25) is 4.99 Å². The van der Waals surface area contributed by atoms with Crippen LogP contribution < -0.4 is 11.1 Å². The molecule has 128 valence electrons. The monoisotopic (exact) mass is 428 g/mol. The standard InChI is InChI=1S/C18H28N4.HI/c19-18(20-11-14-22-12-4-1-5-13-22)21-17-10-6-8-15-7-2-3-9-16(15)17;/h6,8,10H,1-5,7,9,11-14H2,(H3,19,20,21);1H. The second-order valence-corrected chi connectivity index (χ2v) is 6.44. The molecular formula is C18H29IN4. The maximum absolute atomic E-state index is 6.07. The van der Waals surface area contributed by atoms with Crippen molar-refractivity contribution >= 4 is 35.6 Å². The number of rotatable bonds is 4. The van der Waals surface area contributed by atoms with Gasteiger partial charge >= 0.3 is 0 Å². The van der Waals surface area contributed by atoms with Crippen molar-refractivity contribution in [2.75, 3.05) is 31.5 Å². The Bertz CT molecular complexity index is 524. The summed E-state index contributed by atoms with van der Waals surface area (Å²) in [4.78, 5) is 6.99. The van der Waals surface area contributed by atoms with Gasteiger partial charge in [-0.15, -0.1) is 24.0 Å². The highest BCUT2D eigenvalue weighted by molar-refractivity contribution is 14.0. The quantitative estimate of drug-likeness (QED) is 0.439. The van der Waals surface area contributed by atoms with Crippen molar-refractivity contribution in [1.29, 1.82) is 0 Å². The van der Waals surface area contributed by atoms with Crippen molar-refractivity contribution < 1.29 is 0 Å². The number of aliphatic imine (C=N–C) groups is 1. The highest BCUT2D eigenvalue weighted by Gasteiger charge is 2.13. The van der Waals surface area contributed by atoms with Gasteiger partial charge in [0.1, 0.15) is 0 Å². The van der Waals surface area contributed by atoms with Crippen molar-refractivity contribution in [1.82, 2.24) is 4.90 Å². The molecular weight excluding hydrogens is 399 g/mol. The Morgan fingerprint density at radius 1 is 1.09 bits per heavy atom. The van der Waals surface area contributed by atoms with Gasteiger partial charge in [-0.25, -0.2) is 0 Å². The van der Waals surface area contributed by atoms with E-state index in [2.05, 4.69) is 33.4 Å². The van der Waals surface area contributed by atoms with E-state index >= 15 is 0 Å². The van der Waals surface area contributed by atoms with E-state index in [9.17, 15) is 0 Å². The molecule has 0 amide bonds. The molecule has 1 aliphatic heterocycles. The summed E-state index contributed by atoms with van der Waals surface area (Å²) < 4.78 is 0. The zero-order valence-electron chi connectivity index (χ0n) is 13.9. The number of fused-ring (bicyclic) bond motifs is 1. The number of halogens is 1. The molecule has 1 fully saturated rings. The summed E-state index contributed by atoms with van der Waals surface area (Å²) in [5.74, 6) is 0.552. The molecule has 2 aliphatic rings. The molecule has 23 heavy (non-hydrogen) atoms. The van der Waals surface area contributed by atoms with E-state index in [0.29, 0.717) is 5.96 Å². The van der Waals surface area contributed by atoms with Gasteiger partial charge in [0.05, 0.1) is 6.54 Å². The predicted octanol–water partition coefficient (Wildman–Crippen LogP) is 3.40. The van der Waals surface area contributed by atoms with Crippen molar-refractivity contribution in [3.05, 3.63) is 29.3 Å². The van der Waals surface area contributed by atoms with Crippen LogP contribution in [0.2, 0.25) is 0 Å². The van der Waals surface area contributed by atoms with Crippen LogP contribution in [0.25, 0.3) is 0 Å². The SMILES string of the molecule is I.NC(=NCCN1CCCCC1)Nc1cccc2c1CCCC2. The van der Waals surface area contributed by atoms with E-state index in [1.165, 1.54) is 62.7 Å². The summed E-state index contributed by atoms with van der Waals surface area (Å²) >= 11 is 0. The molecule has 1 saturated heterocycles. The number of aryl methyl sites for hydroxylation is 1. The lowest BCUT2D eigenvalue weighted by Gasteiger charge is -2.25. The summed E-state index contributed by atoms with van der Waals surface area (Å²) in [6, 6.07) is 6.48. The lowest BCUT2D eigenvalue weighted by Crippen LogP contribution is -2.33. The van der Waals surface area contributed by atoms with E-state index in [1.54, 1.807) is 0 Å². The third kappa shape index (κ3) is 5.35. The summed E-state index contributed by atoms with van der Waals surface area (Å²) in [5, 5.41) is 3.32. The second kappa shape index (κ2) is 9.47. The first-order valence-corrected chi connectivity index (χ1v) is 8.73. The molecule has 5 heteroatoms. The smallest absolute Gasteiger partial charge is 0.193 e. The third-order valence-electron chi connectivity index (χ3n) is 4.81. The predicted molar refractivity (Wildman–Crippen MR) is 109 cm³/mol. The van der Waals surface area contributed by atoms with Crippen LogP contribution in [0.5, 0.6) is 0 Å². The van der Waals surface area contributed by atoms with Gasteiger partial charge in [-0.05, 0) is 68.8 Å². The number of hydrogen-bond acceptors (Lipinski definition) is 2. The van der Waals surface area contributed by atoms with E-state index in [-0.39, 0.29) is 24.0 Å². The average Bonchev–Trinajstić information content (AvgIpc) is 2.56. The van der Waals surface area contributed by atoms with Gasteiger partial charge in [0.25, 0.3) is 0 Å². The van der Waals surface area contributed by atoms with Gasteiger partial charge < -0.3 is 16.0 Å². The highest BCUT2D eigenvalue weighted by atomic mass is 127. The summed E-state index contributed by atoms with van der Waals surface area (Å²) in [6.07, 6.45) is 8.95. The molecule has 0 unspecified atom stereocenters. The van der Waals surface area contributed by atoms with Crippen molar-refractivity contribution in [2.24, 2.45) is 10.7 Å². The minimum absolute atomic E-state index is 0. The second-order valence-electron chi connectivity index (χ2n) is 6.44. The Kier molecular flexibility index (Phi) is 7.62. The summed E-state index contributed by atoms with van der Waals surface area (Å²) in [6.45, 7) is 4.24. The Labute approximate surface area is 156 Å². The average molecular weight is 428 g/mol. The Balaban J connectivity index is 0.00000192. The van der Waals surface area contributed by atoms with E-state index in [4.69, 9.17) is 5.73 Å². The number of nitrogens with one attached hydrogen (secondary N) is 1. The molecule has 1 heterocycles. The van der Waals surface area contributed by atoms with Crippen molar-refractivity contribution in [2.45, 2.75) is 44.9 Å². The van der Waals surface area contributed by atoms with E-state index in [0.717, 1.165) is 25.2 Å². The number of likely N-dealkylation sites (tertiary alicyclic amines) is 1. The van der Waals surface area contributed by atoms with E-state index < -0.39 is 0 Å². The first-order valence-electron chi connectivity index (χ1n) is 8.73. The van der Waals surface area contributed by atoms with Crippen LogP contribution in [0, 0.1) is 0 Å². The fourth-order valence-corrected chi connectivity index (χ4v) is 3.57. The number of anilines is 1. The maximum atomic E-state index is 6.07. The van der Waals surface area contributed by atoms with Crippen molar-refractivity contribution in [3.8, 4) is 0 Å². The number of nitrogens with zero attached hydrogens (tertiary/aromatic N) is 2. The van der Waals surface area contributed by atoms with Crippen LogP contribution in [0.3, 0.4) is 0 Å². The van der Waals surface area contributed by atoms with Crippen LogP contribution in [0.1, 0.15) is 43.2 Å². The maximum Gasteiger partial charge on any atom is 0.193 e. The largest absolute Gasteiger partial charge is 0.370 e. The molecule has 0 radical (unpaired) electrons. The Morgan fingerprint density at radius 2 is 1.87 bits per heavy atom. The number of guanidine groups is 1. The first-order chi connectivity index (χ1) is 10.8. The highest BCUT2D eigenvalue weighted by Crippen LogP contribution is 2.27. The van der Waals surface area contributed by atoms with Crippen molar-refractivity contribution in [3.63, 3.8) is 0 Å². The van der Waals surface area contributed by atoms with Gasteiger partial charge in [0.2, 0.25) is 0 Å². The first kappa shape index (κ1) is 18.5. The molecule has 1 aromatic carbocycles. The molecule has 3 rings (SSSR count). The Hall–Kier alpha value is -0.820. The zero-order chi connectivity index (χ0) is 15.2. The summed E-state index contributed by atoms with van der Waals surface area (Å²) in [7, 11) is 0. The normalized spacial score (nSPS) is 18.9. The lowest BCUT2D eigenvalue weighted by atomic mass is 9.90. The zero-order valence-corrected chi connectivity index (χ0v) is 16.2. The molecule has 1 aliphatic carbocycles. The Morgan fingerprint density at radius 3 is 2.70 bits per heavy atom. The van der Waals surface area contributed by atoms with Gasteiger partial charge in [0, 0.05) is 12.2 Å². The minimum atomic E-state index is 0. The molecule has 0 atom stereocenters. The van der Waals surface area contributed by atoms with Gasteiger partial charge in [-0.1, -0.05) is 18.6 Å². The van der Waals surface area contributed by atoms with Gasteiger partial charge in [0.15, 0.2) is 5.96 Å². The number of nitrogens with two attached hydrogens (primary N) is 1. The minimum Gasteiger partial charge on any atom is -0.370 e. The van der Waals surface area contributed by atoms with Crippen LogP contribution in [0.15, 0.2) is 23.2 Å². The molecule has 0 aromatic heterocycles. The lowest BCUT2D eigenvalue weighted by molar-refractivity contribution is 0.235. The van der Waals surface area contributed by atoms with Gasteiger partial charge in [-0.2, -0.15) is 0 Å². The molecule has 3 N–H and O–H groups in total. The van der Waals surface area contributed by atoms with Crippen LogP contribution in [-0.2, 0) is 12.8 Å². The fourth-order valence-electron chi connectivity index (χ4n) is 3.57.